The van der Waals surface area contributed by atoms with Crippen molar-refractivity contribution in [3.63, 3.8) is 0 Å². The molecule has 0 aliphatic rings. The van der Waals surface area contributed by atoms with E-state index in [0.717, 1.165) is 15.4 Å². The number of carbonyl (C=O) groups is 1. The minimum atomic E-state index is -0.146. The minimum absolute atomic E-state index is 0.146. The van der Waals surface area contributed by atoms with E-state index in [4.69, 9.17) is 6.42 Å². The van der Waals surface area contributed by atoms with Crippen LogP contribution in [0.1, 0.15) is 0 Å². The van der Waals surface area contributed by atoms with Crippen molar-refractivity contribution in [2.24, 2.45) is 0 Å². The molecule has 2 N–H and O–H groups in total. The highest BCUT2D eigenvalue weighted by Crippen LogP contribution is 2.23. The molecule has 4 nitrogen and oxygen atoms in total. The summed E-state index contributed by atoms with van der Waals surface area (Å²) in [7, 11) is 0. The maximum absolute atomic E-state index is 11.7. The first kappa shape index (κ1) is 13.5. The van der Waals surface area contributed by atoms with Gasteiger partial charge in [0.25, 0.3) is 0 Å². The van der Waals surface area contributed by atoms with E-state index < -0.39 is 0 Å². The molecule has 0 atom stereocenters. The predicted octanol–water partition coefficient (Wildman–Crippen LogP) is 2.16. The maximum Gasteiger partial charge on any atom is 0.238 e. The first-order chi connectivity index (χ1) is 9.20. The second-order valence-corrected chi connectivity index (χ2v) is 4.80. The molecule has 2 rings (SSSR count). The van der Waals surface area contributed by atoms with E-state index in [9.17, 15) is 4.79 Å². The topological polar surface area (TPSA) is 54.0 Å². The molecule has 1 amide bonds. The predicted molar refractivity (Wildman–Crippen MR) is 79.8 cm³/mol. The number of para-hydroxylation sites is 1. The van der Waals surface area contributed by atoms with Crippen LogP contribution in [0.15, 0.2) is 34.9 Å². The molecule has 1 aromatic carbocycles. The van der Waals surface area contributed by atoms with Gasteiger partial charge in [-0.1, -0.05) is 18.1 Å². The van der Waals surface area contributed by atoms with Gasteiger partial charge < -0.3 is 5.32 Å². The van der Waals surface area contributed by atoms with E-state index in [-0.39, 0.29) is 12.5 Å². The van der Waals surface area contributed by atoms with Crippen LogP contribution in [0, 0.1) is 12.3 Å². The Bertz CT molecular complexity index is 649. The monoisotopic (exact) mass is 317 g/mol. The zero-order valence-electron chi connectivity index (χ0n) is 10.1. The smallest absolute Gasteiger partial charge is 0.238 e. The van der Waals surface area contributed by atoms with E-state index in [0.29, 0.717) is 12.2 Å². The van der Waals surface area contributed by atoms with Crippen molar-refractivity contribution in [3.8, 4) is 12.3 Å². The van der Waals surface area contributed by atoms with Crippen LogP contribution in [0.4, 0.5) is 5.69 Å². The molecule has 0 spiro atoms. The van der Waals surface area contributed by atoms with Crippen molar-refractivity contribution in [1.29, 1.82) is 0 Å². The first-order valence-electron chi connectivity index (χ1n) is 5.69. The number of fused-ring (bicyclic) bond motifs is 1. The molecule has 0 saturated heterocycles. The highest BCUT2D eigenvalue weighted by atomic mass is 79.9. The van der Waals surface area contributed by atoms with Gasteiger partial charge in [0, 0.05) is 16.1 Å². The molecule has 0 unspecified atom stereocenters. The van der Waals surface area contributed by atoms with Crippen LogP contribution in [0.2, 0.25) is 0 Å². The standard InChI is InChI=1S/C14H12BrN3O/c1-2-6-16-9-13(19)18-12-5-3-4-10-7-11(15)8-17-14(10)12/h1,3-5,7-8,16H,6,9H2,(H,18,19). The Hall–Kier alpha value is -1.90. The van der Waals surface area contributed by atoms with Crippen molar-refractivity contribution >= 4 is 38.4 Å². The summed E-state index contributed by atoms with van der Waals surface area (Å²) in [6.07, 6.45) is 6.80. The summed E-state index contributed by atoms with van der Waals surface area (Å²) < 4.78 is 0.902. The average Bonchev–Trinajstić information content (AvgIpc) is 2.39. The summed E-state index contributed by atoms with van der Waals surface area (Å²) in [4.78, 5) is 16.0. The minimum Gasteiger partial charge on any atom is -0.323 e. The van der Waals surface area contributed by atoms with Crippen LogP contribution in [0.5, 0.6) is 0 Å². The molecule has 5 heteroatoms. The maximum atomic E-state index is 11.7. The second-order valence-electron chi connectivity index (χ2n) is 3.89. The van der Waals surface area contributed by atoms with Crippen molar-refractivity contribution in [2.45, 2.75) is 0 Å². The number of nitrogens with zero attached hydrogens (tertiary/aromatic N) is 1. The van der Waals surface area contributed by atoms with Crippen LogP contribution in [0.3, 0.4) is 0 Å². The van der Waals surface area contributed by atoms with E-state index in [1.807, 2.05) is 24.3 Å². The molecule has 0 aliphatic heterocycles. The lowest BCUT2D eigenvalue weighted by Gasteiger charge is -2.08. The first-order valence-corrected chi connectivity index (χ1v) is 6.48. The Morgan fingerprint density at radius 2 is 2.32 bits per heavy atom. The van der Waals surface area contributed by atoms with E-state index >= 15 is 0 Å². The molecule has 2 aromatic rings. The molecule has 0 radical (unpaired) electrons. The van der Waals surface area contributed by atoms with Gasteiger partial charge in [-0.3, -0.25) is 15.1 Å². The van der Waals surface area contributed by atoms with Gasteiger partial charge >= 0.3 is 0 Å². The highest BCUT2D eigenvalue weighted by molar-refractivity contribution is 9.10. The summed E-state index contributed by atoms with van der Waals surface area (Å²) in [5.41, 5.74) is 1.45. The molecule has 1 heterocycles. The lowest BCUT2D eigenvalue weighted by atomic mass is 10.2. The Kier molecular flexibility index (Phi) is 4.50. The van der Waals surface area contributed by atoms with Crippen LogP contribution in [-0.2, 0) is 4.79 Å². The van der Waals surface area contributed by atoms with Gasteiger partial charge in [0.15, 0.2) is 0 Å². The molecule has 0 aliphatic carbocycles. The Labute approximate surface area is 119 Å². The normalized spacial score (nSPS) is 10.1. The molecule has 0 saturated carbocycles. The van der Waals surface area contributed by atoms with Gasteiger partial charge in [-0.2, -0.15) is 0 Å². The lowest BCUT2D eigenvalue weighted by molar-refractivity contribution is -0.115. The van der Waals surface area contributed by atoms with E-state index in [1.165, 1.54) is 0 Å². The zero-order chi connectivity index (χ0) is 13.7. The number of aromatic nitrogens is 1. The number of halogens is 1. The Morgan fingerprint density at radius 3 is 3.11 bits per heavy atom. The van der Waals surface area contributed by atoms with Crippen LogP contribution >= 0.6 is 15.9 Å². The number of terminal acetylenes is 1. The van der Waals surface area contributed by atoms with Crippen LogP contribution in [-0.4, -0.2) is 24.0 Å². The number of rotatable bonds is 4. The zero-order valence-corrected chi connectivity index (χ0v) is 11.7. The van der Waals surface area contributed by atoms with Gasteiger partial charge in [-0.15, -0.1) is 6.42 Å². The van der Waals surface area contributed by atoms with Crippen molar-refractivity contribution in [2.75, 3.05) is 18.4 Å². The number of anilines is 1. The number of nitrogens with one attached hydrogen (secondary N) is 2. The number of benzene rings is 1. The van der Waals surface area contributed by atoms with Crippen LogP contribution in [0.25, 0.3) is 10.9 Å². The summed E-state index contributed by atoms with van der Waals surface area (Å²) in [5.74, 6) is 2.27. The lowest BCUT2D eigenvalue weighted by Crippen LogP contribution is -2.28. The van der Waals surface area contributed by atoms with E-state index in [1.54, 1.807) is 6.20 Å². The van der Waals surface area contributed by atoms with Gasteiger partial charge in [0.1, 0.15) is 0 Å². The Morgan fingerprint density at radius 1 is 1.47 bits per heavy atom. The summed E-state index contributed by atoms with van der Waals surface area (Å²) in [6, 6.07) is 7.59. The van der Waals surface area contributed by atoms with Gasteiger partial charge in [0.2, 0.25) is 5.91 Å². The fraction of sp³-hybridized carbons (Fsp3) is 0.143. The van der Waals surface area contributed by atoms with E-state index in [2.05, 4.69) is 37.5 Å². The third-order valence-corrected chi connectivity index (χ3v) is 2.90. The van der Waals surface area contributed by atoms with Gasteiger partial charge in [-0.05, 0) is 28.1 Å². The number of hydrogen-bond acceptors (Lipinski definition) is 3. The number of pyridine rings is 1. The summed E-state index contributed by atoms with van der Waals surface area (Å²) in [5, 5.41) is 6.61. The second kappa shape index (κ2) is 6.32. The third-order valence-electron chi connectivity index (χ3n) is 2.46. The molecular formula is C14H12BrN3O. The highest BCUT2D eigenvalue weighted by Gasteiger charge is 2.06. The van der Waals surface area contributed by atoms with Crippen molar-refractivity contribution in [1.82, 2.24) is 10.3 Å². The average molecular weight is 318 g/mol. The molecule has 96 valence electrons. The van der Waals surface area contributed by atoms with Gasteiger partial charge in [-0.25, -0.2) is 0 Å². The van der Waals surface area contributed by atoms with Gasteiger partial charge in [0.05, 0.1) is 24.3 Å². The molecule has 0 fully saturated rings. The quantitative estimate of drug-likeness (QED) is 0.671. The summed E-state index contributed by atoms with van der Waals surface area (Å²) >= 11 is 3.37. The number of hydrogen-bond donors (Lipinski definition) is 2. The number of amides is 1. The molecule has 1 aromatic heterocycles. The fourth-order valence-corrected chi connectivity index (χ4v) is 2.03. The SMILES string of the molecule is C#CCNCC(=O)Nc1cccc2cc(Br)cnc12. The Balaban J connectivity index is 2.17. The van der Waals surface area contributed by atoms with Crippen molar-refractivity contribution in [3.05, 3.63) is 34.9 Å². The van der Waals surface area contributed by atoms with Crippen LogP contribution < -0.4 is 10.6 Å². The van der Waals surface area contributed by atoms with Crippen molar-refractivity contribution < 1.29 is 4.79 Å². The number of carbonyl (C=O) groups excluding carboxylic acids is 1. The third kappa shape index (κ3) is 3.53. The largest absolute Gasteiger partial charge is 0.323 e. The molecule has 19 heavy (non-hydrogen) atoms. The fourth-order valence-electron chi connectivity index (χ4n) is 1.68. The summed E-state index contributed by atoms with van der Waals surface area (Å²) in [6.45, 7) is 0.547. The molecule has 0 bridgehead atoms. The molecular weight excluding hydrogens is 306 g/mol.